The maximum atomic E-state index is 11.7. The van der Waals surface area contributed by atoms with Gasteiger partial charge in [-0.2, -0.15) is 0 Å². The quantitative estimate of drug-likeness (QED) is 0.630. The number of hydrogen-bond donors (Lipinski definition) is 1. The molecule has 0 saturated heterocycles. The number of rotatable bonds is 7. The molecule has 2 rings (SSSR count). The Bertz CT molecular complexity index is 555. The lowest BCUT2D eigenvalue weighted by molar-refractivity contribution is -0.118. The normalized spacial score (nSPS) is 10.1. The summed E-state index contributed by atoms with van der Waals surface area (Å²) in [5.41, 5.74) is 1.20. The van der Waals surface area contributed by atoms with Gasteiger partial charge in [0.15, 0.2) is 0 Å². The molecule has 0 unspecified atom stereocenters. The maximum absolute atomic E-state index is 11.7. The van der Waals surface area contributed by atoms with Crippen LogP contribution in [0.15, 0.2) is 59.5 Å². The van der Waals surface area contributed by atoms with Gasteiger partial charge in [0.25, 0.3) is 0 Å². The Balaban J connectivity index is 1.60. The van der Waals surface area contributed by atoms with Gasteiger partial charge in [0, 0.05) is 4.90 Å². The van der Waals surface area contributed by atoms with Crippen molar-refractivity contribution in [2.45, 2.75) is 11.8 Å². The molecule has 0 bridgehead atoms. The molecule has 0 spiro atoms. The van der Waals surface area contributed by atoms with E-state index in [-0.39, 0.29) is 5.91 Å². The average molecular weight is 301 g/mol. The van der Waals surface area contributed by atoms with Crippen molar-refractivity contribution in [3.8, 4) is 5.75 Å². The van der Waals surface area contributed by atoms with Gasteiger partial charge >= 0.3 is 0 Å². The summed E-state index contributed by atoms with van der Waals surface area (Å²) < 4.78 is 5.55. The van der Waals surface area contributed by atoms with Crippen molar-refractivity contribution in [2.24, 2.45) is 0 Å². The summed E-state index contributed by atoms with van der Waals surface area (Å²) in [5, 5.41) is 2.85. The molecule has 2 aromatic rings. The van der Waals surface area contributed by atoms with Crippen LogP contribution >= 0.6 is 11.8 Å². The van der Waals surface area contributed by atoms with Crippen molar-refractivity contribution in [2.75, 3.05) is 18.9 Å². The Hall–Kier alpha value is -1.94. The van der Waals surface area contributed by atoms with Crippen molar-refractivity contribution in [3.05, 3.63) is 60.2 Å². The first-order valence-corrected chi connectivity index (χ1v) is 7.86. The molecule has 1 amide bonds. The van der Waals surface area contributed by atoms with Crippen LogP contribution in [0.1, 0.15) is 5.56 Å². The predicted molar refractivity (Wildman–Crippen MR) is 86.8 cm³/mol. The number of thioether (sulfide) groups is 1. The highest BCUT2D eigenvalue weighted by Gasteiger charge is 2.02. The standard InChI is InChI=1S/C17H19NO2S/c1-14-7-9-15(10-8-14)20-12-11-18-17(19)13-21-16-5-3-2-4-6-16/h2-10H,11-13H2,1H3,(H,18,19). The molecule has 0 aliphatic carbocycles. The number of carbonyl (C=O) groups is 1. The molecule has 0 aromatic heterocycles. The molecule has 0 saturated carbocycles. The van der Waals surface area contributed by atoms with Gasteiger partial charge in [-0.05, 0) is 31.2 Å². The van der Waals surface area contributed by atoms with Gasteiger partial charge in [-0.1, -0.05) is 35.9 Å². The van der Waals surface area contributed by atoms with Crippen molar-refractivity contribution < 1.29 is 9.53 Å². The highest BCUT2D eigenvalue weighted by Crippen LogP contribution is 2.16. The van der Waals surface area contributed by atoms with Crippen LogP contribution in [0.25, 0.3) is 0 Å². The first-order chi connectivity index (χ1) is 10.2. The van der Waals surface area contributed by atoms with E-state index in [1.165, 1.54) is 17.3 Å². The lowest BCUT2D eigenvalue weighted by Crippen LogP contribution is -2.29. The molecule has 0 atom stereocenters. The smallest absolute Gasteiger partial charge is 0.230 e. The van der Waals surface area contributed by atoms with Gasteiger partial charge < -0.3 is 10.1 Å². The molecule has 110 valence electrons. The van der Waals surface area contributed by atoms with Gasteiger partial charge in [-0.3, -0.25) is 4.79 Å². The molecular formula is C17H19NO2S. The molecule has 2 aromatic carbocycles. The van der Waals surface area contributed by atoms with Crippen LogP contribution in [-0.2, 0) is 4.79 Å². The number of aryl methyl sites for hydroxylation is 1. The topological polar surface area (TPSA) is 38.3 Å². The highest BCUT2D eigenvalue weighted by atomic mass is 32.2. The molecule has 21 heavy (non-hydrogen) atoms. The monoisotopic (exact) mass is 301 g/mol. The van der Waals surface area contributed by atoms with E-state index in [2.05, 4.69) is 5.32 Å². The second-order valence-corrected chi connectivity index (χ2v) is 5.66. The number of nitrogens with one attached hydrogen (secondary N) is 1. The zero-order valence-corrected chi connectivity index (χ0v) is 12.9. The Kier molecular flexibility index (Phi) is 6.16. The van der Waals surface area contributed by atoms with Crippen molar-refractivity contribution >= 4 is 17.7 Å². The Morgan fingerprint density at radius 1 is 1.10 bits per heavy atom. The molecule has 0 radical (unpaired) electrons. The Labute approximate surface area is 129 Å². The SMILES string of the molecule is Cc1ccc(OCCNC(=O)CSc2ccccc2)cc1. The maximum Gasteiger partial charge on any atom is 0.230 e. The summed E-state index contributed by atoms with van der Waals surface area (Å²) in [4.78, 5) is 12.8. The fourth-order valence-corrected chi connectivity index (χ4v) is 2.46. The molecule has 0 aliphatic heterocycles. The molecular weight excluding hydrogens is 282 g/mol. The van der Waals surface area contributed by atoms with Crippen LogP contribution in [0.2, 0.25) is 0 Å². The summed E-state index contributed by atoms with van der Waals surface area (Å²) >= 11 is 1.53. The van der Waals surface area contributed by atoms with Gasteiger partial charge in [-0.15, -0.1) is 11.8 Å². The Morgan fingerprint density at radius 3 is 2.52 bits per heavy atom. The number of ether oxygens (including phenoxy) is 1. The van der Waals surface area contributed by atoms with Gasteiger partial charge in [0.1, 0.15) is 12.4 Å². The van der Waals surface area contributed by atoms with Gasteiger partial charge in [0.05, 0.1) is 12.3 Å². The summed E-state index contributed by atoms with van der Waals surface area (Å²) in [6, 6.07) is 17.8. The zero-order valence-electron chi connectivity index (χ0n) is 12.0. The second kappa shape index (κ2) is 8.37. The first kappa shape index (κ1) is 15.4. The second-order valence-electron chi connectivity index (χ2n) is 4.61. The van der Waals surface area contributed by atoms with Gasteiger partial charge in [-0.25, -0.2) is 0 Å². The van der Waals surface area contributed by atoms with Crippen LogP contribution in [0, 0.1) is 6.92 Å². The van der Waals surface area contributed by atoms with Crippen molar-refractivity contribution in [1.29, 1.82) is 0 Å². The highest BCUT2D eigenvalue weighted by molar-refractivity contribution is 8.00. The minimum atomic E-state index is 0.0244. The van der Waals surface area contributed by atoms with E-state index in [1.54, 1.807) is 0 Å². The van der Waals surface area contributed by atoms with E-state index in [4.69, 9.17) is 4.74 Å². The lowest BCUT2D eigenvalue weighted by Gasteiger charge is -2.08. The van der Waals surface area contributed by atoms with Crippen molar-refractivity contribution in [1.82, 2.24) is 5.32 Å². The third kappa shape index (κ3) is 5.92. The van der Waals surface area contributed by atoms with E-state index in [1.807, 2.05) is 61.5 Å². The summed E-state index contributed by atoms with van der Waals surface area (Å²) in [5.74, 6) is 1.28. The van der Waals surface area contributed by atoms with E-state index in [0.717, 1.165) is 10.6 Å². The van der Waals surface area contributed by atoms with Crippen LogP contribution < -0.4 is 10.1 Å². The summed E-state index contributed by atoms with van der Waals surface area (Å²) in [7, 11) is 0. The summed E-state index contributed by atoms with van der Waals surface area (Å²) in [6.45, 7) is 3.03. The van der Waals surface area contributed by atoms with E-state index in [9.17, 15) is 4.79 Å². The fourth-order valence-electron chi connectivity index (χ4n) is 1.71. The average Bonchev–Trinajstić information content (AvgIpc) is 2.52. The molecule has 3 nitrogen and oxygen atoms in total. The predicted octanol–water partition coefficient (Wildman–Crippen LogP) is 3.28. The number of hydrogen-bond acceptors (Lipinski definition) is 3. The van der Waals surface area contributed by atoms with Crippen LogP contribution in [0.4, 0.5) is 0 Å². The third-order valence-corrected chi connectivity index (χ3v) is 3.84. The lowest BCUT2D eigenvalue weighted by atomic mass is 10.2. The number of benzene rings is 2. The third-order valence-electron chi connectivity index (χ3n) is 2.83. The van der Waals surface area contributed by atoms with E-state index in [0.29, 0.717) is 18.9 Å². The summed E-state index contributed by atoms with van der Waals surface area (Å²) in [6.07, 6.45) is 0. The fraction of sp³-hybridized carbons (Fsp3) is 0.235. The minimum absolute atomic E-state index is 0.0244. The van der Waals surface area contributed by atoms with E-state index >= 15 is 0 Å². The zero-order chi connectivity index (χ0) is 14.9. The van der Waals surface area contributed by atoms with E-state index < -0.39 is 0 Å². The Morgan fingerprint density at radius 2 is 1.81 bits per heavy atom. The van der Waals surface area contributed by atoms with Crippen LogP contribution in [0.5, 0.6) is 5.75 Å². The molecule has 1 N–H and O–H groups in total. The number of carbonyl (C=O) groups excluding carboxylic acids is 1. The van der Waals surface area contributed by atoms with Gasteiger partial charge in [0.2, 0.25) is 5.91 Å². The minimum Gasteiger partial charge on any atom is -0.492 e. The largest absolute Gasteiger partial charge is 0.492 e. The molecule has 0 fully saturated rings. The molecule has 0 heterocycles. The first-order valence-electron chi connectivity index (χ1n) is 6.88. The number of amides is 1. The van der Waals surface area contributed by atoms with Crippen LogP contribution in [0.3, 0.4) is 0 Å². The molecule has 4 heteroatoms. The molecule has 0 aliphatic rings. The van der Waals surface area contributed by atoms with Crippen LogP contribution in [-0.4, -0.2) is 24.8 Å². The van der Waals surface area contributed by atoms with Crippen molar-refractivity contribution in [3.63, 3.8) is 0 Å².